The van der Waals surface area contributed by atoms with E-state index in [0.717, 1.165) is 23.9 Å². The van der Waals surface area contributed by atoms with Gasteiger partial charge in [-0.25, -0.2) is 4.98 Å². The van der Waals surface area contributed by atoms with Crippen molar-refractivity contribution >= 4 is 22.7 Å². The number of nitrogens with one attached hydrogen (secondary N) is 1. The number of thiazole rings is 1. The number of hydrogen-bond acceptors (Lipinski definition) is 5. The fraction of sp³-hybridized carbons (Fsp3) is 0.308. The Bertz CT molecular complexity index is 629. The van der Waals surface area contributed by atoms with Gasteiger partial charge in [0.1, 0.15) is 10.7 Å². The molecular formula is C13H12FN3O2S. The molecule has 0 radical (unpaired) electrons. The van der Waals surface area contributed by atoms with Crippen LogP contribution in [0.3, 0.4) is 0 Å². The summed E-state index contributed by atoms with van der Waals surface area (Å²) < 4.78 is 13.6. The molecule has 1 unspecified atom stereocenters. The molecule has 5 nitrogen and oxygen atoms in total. The van der Waals surface area contributed by atoms with Crippen molar-refractivity contribution in [3.63, 3.8) is 0 Å². The lowest BCUT2D eigenvalue weighted by atomic mass is 10.1. The molecule has 0 amide bonds. The zero-order chi connectivity index (χ0) is 14.1. The Morgan fingerprint density at radius 2 is 2.30 bits per heavy atom. The summed E-state index contributed by atoms with van der Waals surface area (Å²) in [7, 11) is 0. The number of hydrogen-bond donors (Lipinski definition) is 1. The van der Waals surface area contributed by atoms with Crippen LogP contribution in [-0.2, 0) is 0 Å². The first-order valence-corrected chi connectivity index (χ1v) is 7.13. The second kappa shape index (κ2) is 5.16. The smallest absolute Gasteiger partial charge is 0.327 e. The summed E-state index contributed by atoms with van der Waals surface area (Å²) in [6.45, 7) is 0. The lowest BCUT2D eigenvalue weighted by molar-refractivity contribution is -0.386. The van der Waals surface area contributed by atoms with Crippen molar-refractivity contribution in [3.05, 3.63) is 50.7 Å². The lowest BCUT2D eigenvalue weighted by Crippen LogP contribution is -2.14. The van der Waals surface area contributed by atoms with Crippen LogP contribution in [0.4, 0.5) is 15.8 Å². The number of halogens is 1. The van der Waals surface area contributed by atoms with Crippen molar-refractivity contribution in [1.82, 2.24) is 4.98 Å². The molecule has 2 aromatic rings. The SMILES string of the molecule is O=[N+]([O-])c1c(F)cccc1NC(c1nccs1)C1CC1. The van der Waals surface area contributed by atoms with Gasteiger partial charge in [0.2, 0.25) is 5.82 Å². The minimum Gasteiger partial charge on any atom is -0.370 e. The summed E-state index contributed by atoms with van der Waals surface area (Å²) in [5.74, 6) is -0.419. The zero-order valence-corrected chi connectivity index (χ0v) is 11.3. The first-order chi connectivity index (χ1) is 9.66. The van der Waals surface area contributed by atoms with Crippen LogP contribution in [0, 0.1) is 21.8 Å². The Morgan fingerprint density at radius 1 is 1.50 bits per heavy atom. The van der Waals surface area contributed by atoms with Crippen molar-refractivity contribution in [2.45, 2.75) is 18.9 Å². The monoisotopic (exact) mass is 293 g/mol. The molecule has 1 heterocycles. The molecule has 3 rings (SSSR count). The summed E-state index contributed by atoms with van der Waals surface area (Å²) >= 11 is 1.50. The predicted octanol–water partition coefficient (Wildman–Crippen LogP) is 3.75. The highest BCUT2D eigenvalue weighted by atomic mass is 32.1. The fourth-order valence-electron chi connectivity index (χ4n) is 2.18. The van der Waals surface area contributed by atoms with E-state index < -0.39 is 16.4 Å². The molecule has 0 saturated heterocycles. The Kier molecular flexibility index (Phi) is 3.35. The molecule has 1 aliphatic rings. The average molecular weight is 293 g/mol. The second-order valence-corrected chi connectivity index (χ2v) is 5.65. The number of anilines is 1. The third kappa shape index (κ3) is 2.49. The number of aromatic nitrogens is 1. The van der Waals surface area contributed by atoms with Crippen molar-refractivity contribution in [3.8, 4) is 0 Å². The zero-order valence-electron chi connectivity index (χ0n) is 10.5. The molecule has 0 aliphatic heterocycles. The summed E-state index contributed by atoms with van der Waals surface area (Å²) in [6, 6.07) is 4.01. The van der Waals surface area contributed by atoms with Crippen LogP contribution in [-0.4, -0.2) is 9.91 Å². The van der Waals surface area contributed by atoms with Crippen LogP contribution in [0.2, 0.25) is 0 Å². The molecule has 1 fully saturated rings. The normalized spacial score (nSPS) is 15.8. The number of benzene rings is 1. The van der Waals surface area contributed by atoms with Gasteiger partial charge in [-0.3, -0.25) is 10.1 Å². The summed E-state index contributed by atoms with van der Waals surface area (Å²) in [5.41, 5.74) is -0.295. The van der Waals surface area contributed by atoms with Crippen LogP contribution in [0.15, 0.2) is 29.8 Å². The fourth-order valence-corrected chi connectivity index (χ4v) is 2.96. The molecule has 0 bridgehead atoms. The van der Waals surface area contributed by atoms with Gasteiger partial charge in [-0.05, 0) is 30.9 Å². The highest BCUT2D eigenvalue weighted by Crippen LogP contribution is 2.44. The van der Waals surface area contributed by atoms with Crippen LogP contribution in [0.5, 0.6) is 0 Å². The minimum absolute atomic E-state index is 0.0875. The van der Waals surface area contributed by atoms with E-state index in [0.29, 0.717) is 5.92 Å². The van der Waals surface area contributed by atoms with Gasteiger partial charge in [0.05, 0.1) is 11.0 Å². The van der Waals surface area contributed by atoms with Gasteiger partial charge in [0, 0.05) is 11.6 Å². The molecule has 1 saturated carbocycles. The molecule has 7 heteroatoms. The number of nitro groups is 1. The Morgan fingerprint density at radius 3 is 2.90 bits per heavy atom. The molecule has 0 spiro atoms. The van der Waals surface area contributed by atoms with E-state index in [9.17, 15) is 14.5 Å². The maximum Gasteiger partial charge on any atom is 0.327 e. The first-order valence-electron chi connectivity index (χ1n) is 6.25. The number of nitrogens with zero attached hydrogens (tertiary/aromatic N) is 2. The van der Waals surface area contributed by atoms with Crippen LogP contribution >= 0.6 is 11.3 Å². The van der Waals surface area contributed by atoms with E-state index in [2.05, 4.69) is 10.3 Å². The van der Waals surface area contributed by atoms with Gasteiger partial charge in [-0.2, -0.15) is 4.39 Å². The minimum atomic E-state index is -0.825. The summed E-state index contributed by atoms with van der Waals surface area (Å²) in [6.07, 6.45) is 3.82. The molecule has 20 heavy (non-hydrogen) atoms. The first kappa shape index (κ1) is 13.0. The number of rotatable bonds is 5. The molecule has 1 aromatic heterocycles. The Balaban J connectivity index is 1.93. The summed E-state index contributed by atoms with van der Waals surface area (Å²) in [5, 5.41) is 16.9. The van der Waals surface area contributed by atoms with Crippen LogP contribution < -0.4 is 5.32 Å². The van der Waals surface area contributed by atoms with Crippen LogP contribution in [0.25, 0.3) is 0 Å². The quantitative estimate of drug-likeness (QED) is 0.673. The third-order valence-corrected chi connectivity index (χ3v) is 4.15. The van der Waals surface area contributed by atoms with Gasteiger partial charge in [0.15, 0.2) is 0 Å². The van der Waals surface area contributed by atoms with Crippen molar-refractivity contribution < 1.29 is 9.31 Å². The standard InChI is InChI=1S/C13H12FN3O2S/c14-9-2-1-3-10(12(9)17(18)19)16-11(8-4-5-8)13-15-6-7-20-13/h1-3,6-8,11,16H,4-5H2. The third-order valence-electron chi connectivity index (χ3n) is 3.29. The predicted molar refractivity (Wildman–Crippen MR) is 74.3 cm³/mol. The van der Waals surface area contributed by atoms with Gasteiger partial charge in [-0.15, -0.1) is 11.3 Å². The lowest BCUT2D eigenvalue weighted by Gasteiger charge is -2.17. The van der Waals surface area contributed by atoms with Gasteiger partial charge in [-0.1, -0.05) is 6.07 Å². The molecule has 1 aliphatic carbocycles. The van der Waals surface area contributed by atoms with E-state index in [1.54, 1.807) is 6.20 Å². The van der Waals surface area contributed by atoms with E-state index in [4.69, 9.17) is 0 Å². The molecule has 1 atom stereocenters. The van der Waals surface area contributed by atoms with Crippen LogP contribution in [0.1, 0.15) is 23.9 Å². The molecule has 104 valence electrons. The van der Waals surface area contributed by atoms with Crippen molar-refractivity contribution in [2.75, 3.05) is 5.32 Å². The topological polar surface area (TPSA) is 68.1 Å². The van der Waals surface area contributed by atoms with Gasteiger partial charge >= 0.3 is 5.69 Å². The van der Waals surface area contributed by atoms with E-state index in [-0.39, 0.29) is 11.7 Å². The molecule has 1 aromatic carbocycles. The number of nitro benzene ring substituents is 1. The maximum absolute atomic E-state index is 13.6. The molecule has 1 N–H and O–H groups in total. The second-order valence-electron chi connectivity index (χ2n) is 4.72. The van der Waals surface area contributed by atoms with Gasteiger partial charge < -0.3 is 5.32 Å². The molecular weight excluding hydrogens is 281 g/mol. The van der Waals surface area contributed by atoms with Gasteiger partial charge in [0.25, 0.3) is 0 Å². The van der Waals surface area contributed by atoms with E-state index >= 15 is 0 Å². The van der Waals surface area contributed by atoms with E-state index in [1.807, 2.05) is 5.38 Å². The van der Waals surface area contributed by atoms with Crippen molar-refractivity contribution in [2.24, 2.45) is 5.92 Å². The maximum atomic E-state index is 13.6. The summed E-state index contributed by atoms with van der Waals surface area (Å²) in [4.78, 5) is 14.6. The largest absolute Gasteiger partial charge is 0.370 e. The highest BCUT2D eigenvalue weighted by molar-refractivity contribution is 7.09. The Hall–Kier alpha value is -2.02. The average Bonchev–Trinajstić information content (AvgIpc) is 3.10. The highest BCUT2D eigenvalue weighted by Gasteiger charge is 2.35. The van der Waals surface area contributed by atoms with Crippen molar-refractivity contribution in [1.29, 1.82) is 0 Å². The number of para-hydroxylation sites is 1. The van der Waals surface area contributed by atoms with E-state index in [1.165, 1.54) is 23.5 Å². The Labute approximate surface area is 118 Å².